The van der Waals surface area contributed by atoms with Crippen molar-refractivity contribution in [3.05, 3.63) is 53.8 Å². The highest BCUT2D eigenvalue weighted by Gasteiger charge is 2.19. The van der Waals surface area contributed by atoms with Crippen molar-refractivity contribution in [1.82, 2.24) is 5.32 Å². The van der Waals surface area contributed by atoms with Crippen LogP contribution in [0.15, 0.2) is 42.5 Å². The summed E-state index contributed by atoms with van der Waals surface area (Å²) in [5.74, 6) is -0.645. The molecule has 1 atom stereocenters. The van der Waals surface area contributed by atoms with Crippen LogP contribution in [0.25, 0.3) is 0 Å². The molecule has 0 bridgehead atoms. The fourth-order valence-corrected chi connectivity index (χ4v) is 2.13. The molecule has 0 aliphatic heterocycles. The average molecular weight is 346 g/mol. The van der Waals surface area contributed by atoms with Gasteiger partial charge in [-0.3, -0.25) is 9.59 Å². The largest absolute Gasteiger partial charge is 0.493 e. The first kappa shape index (κ1) is 18.3. The number of rotatable bonds is 6. The lowest BCUT2D eigenvalue weighted by molar-refractivity contribution is -0.117. The SMILES string of the molecule is COc1ccc(C(=O)NC(C)C(=O)Nc2ccccc2F)cc1OC. The number of hydrogen-bond acceptors (Lipinski definition) is 4. The molecule has 0 heterocycles. The Morgan fingerprint density at radius 3 is 2.36 bits per heavy atom. The molecule has 2 rings (SSSR count). The molecule has 0 fully saturated rings. The number of amides is 2. The van der Waals surface area contributed by atoms with Gasteiger partial charge in [0.2, 0.25) is 5.91 Å². The minimum atomic E-state index is -0.861. The Morgan fingerprint density at radius 2 is 1.72 bits per heavy atom. The Kier molecular flexibility index (Phi) is 5.94. The van der Waals surface area contributed by atoms with Gasteiger partial charge in [-0.2, -0.15) is 0 Å². The van der Waals surface area contributed by atoms with Crippen LogP contribution in [0.5, 0.6) is 11.5 Å². The number of carbonyl (C=O) groups is 2. The van der Waals surface area contributed by atoms with Crippen LogP contribution >= 0.6 is 0 Å². The summed E-state index contributed by atoms with van der Waals surface area (Å²) >= 11 is 0. The van der Waals surface area contributed by atoms with Gasteiger partial charge in [-0.25, -0.2) is 4.39 Å². The molecule has 0 radical (unpaired) electrons. The van der Waals surface area contributed by atoms with E-state index in [9.17, 15) is 14.0 Å². The first-order valence-electron chi connectivity index (χ1n) is 7.54. The molecule has 0 saturated carbocycles. The van der Waals surface area contributed by atoms with Gasteiger partial charge in [0.05, 0.1) is 19.9 Å². The third-order valence-corrected chi connectivity index (χ3v) is 3.52. The third kappa shape index (κ3) is 4.47. The third-order valence-electron chi connectivity index (χ3n) is 3.52. The summed E-state index contributed by atoms with van der Waals surface area (Å²) in [4.78, 5) is 24.4. The van der Waals surface area contributed by atoms with Gasteiger partial charge in [-0.15, -0.1) is 0 Å². The standard InChI is InChI=1S/C18H19FN2O4/c1-11(17(22)21-14-7-5-4-6-13(14)19)20-18(23)12-8-9-15(24-2)16(10-12)25-3/h4-11H,1-3H3,(H,20,23)(H,21,22). The molecule has 132 valence electrons. The van der Waals surface area contributed by atoms with Crippen molar-refractivity contribution in [3.8, 4) is 11.5 Å². The van der Waals surface area contributed by atoms with E-state index in [0.717, 1.165) is 0 Å². The van der Waals surface area contributed by atoms with Crippen LogP contribution in [-0.2, 0) is 4.79 Å². The average Bonchev–Trinajstić information content (AvgIpc) is 2.62. The maximum absolute atomic E-state index is 13.6. The summed E-state index contributed by atoms with van der Waals surface area (Å²) in [5.41, 5.74) is 0.364. The molecule has 2 amide bonds. The predicted octanol–water partition coefficient (Wildman–Crippen LogP) is 2.60. The summed E-state index contributed by atoms with van der Waals surface area (Å²) in [6, 6.07) is 9.60. The number of benzene rings is 2. The smallest absolute Gasteiger partial charge is 0.252 e. The van der Waals surface area contributed by atoms with Crippen molar-refractivity contribution in [2.24, 2.45) is 0 Å². The van der Waals surface area contributed by atoms with E-state index in [2.05, 4.69) is 10.6 Å². The zero-order valence-electron chi connectivity index (χ0n) is 14.1. The van der Waals surface area contributed by atoms with Crippen molar-refractivity contribution in [2.45, 2.75) is 13.0 Å². The molecule has 2 aromatic rings. The number of anilines is 1. The van der Waals surface area contributed by atoms with Crippen LogP contribution in [0.2, 0.25) is 0 Å². The van der Waals surface area contributed by atoms with Gasteiger partial charge in [-0.1, -0.05) is 12.1 Å². The lowest BCUT2D eigenvalue weighted by Gasteiger charge is -2.15. The molecule has 1 unspecified atom stereocenters. The zero-order valence-corrected chi connectivity index (χ0v) is 14.1. The molecular weight excluding hydrogens is 327 g/mol. The van der Waals surface area contributed by atoms with E-state index < -0.39 is 23.7 Å². The molecule has 7 heteroatoms. The number of carbonyl (C=O) groups excluding carboxylic acids is 2. The Labute approximate surface area is 144 Å². The lowest BCUT2D eigenvalue weighted by atomic mass is 10.1. The van der Waals surface area contributed by atoms with Crippen molar-refractivity contribution in [2.75, 3.05) is 19.5 Å². The van der Waals surface area contributed by atoms with Crippen LogP contribution in [0.1, 0.15) is 17.3 Å². The van der Waals surface area contributed by atoms with Crippen molar-refractivity contribution < 1.29 is 23.5 Å². The summed E-state index contributed by atoms with van der Waals surface area (Å²) < 4.78 is 23.8. The maximum atomic E-state index is 13.6. The second kappa shape index (κ2) is 8.14. The van der Waals surface area contributed by atoms with Crippen LogP contribution < -0.4 is 20.1 Å². The Balaban J connectivity index is 2.04. The van der Waals surface area contributed by atoms with Crippen molar-refractivity contribution in [3.63, 3.8) is 0 Å². The van der Waals surface area contributed by atoms with E-state index in [1.165, 1.54) is 45.4 Å². The summed E-state index contributed by atoms with van der Waals surface area (Å²) in [6.45, 7) is 1.51. The lowest BCUT2D eigenvalue weighted by Crippen LogP contribution is -2.41. The number of hydrogen-bond donors (Lipinski definition) is 2. The Morgan fingerprint density at radius 1 is 1.04 bits per heavy atom. The first-order valence-corrected chi connectivity index (χ1v) is 7.54. The van der Waals surface area contributed by atoms with Crippen LogP contribution in [0, 0.1) is 5.82 Å². The van der Waals surface area contributed by atoms with Gasteiger partial charge in [0.15, 0.2) is 11.5 Å². The normalized spacial score (nSPS) is 11.4. The highest BCUT2D eigenvalue weighted by molar-refractivity contribution is 6.01. The number of ether oxygens (including phenoxy) is 2. The minimum absolute atomic E-state index is 0.0553. The van der Waals surface area contributed by atoms with Gasteiger partial charge >= 0.3 is 0 Å². The fourth-order valence-electron chi connectivity index (χ4n) is 2.13. The molecule has 0 aliphatic carbocycles. The van der Waals surface area contributed by atoms with E-state index in [1.54, 1.807) is 18.2 Å². The van der Waals surface area contributed by atoms with Gasteiger partial charge in [-0.05, 0) is 37.3 Å². The van der Waals surface area contributed by atoms with Gasteiger partial charge in [0.1, 0.15) is 11.9 Å². The maximum Gasteiger partial charge on any atom is 0.252 e. The monoisotopic (exact) mass is 346 g/mol. The molecule has 0 spiro atoms. The molecular formula is C18H19FN2O4. The van der Waals surface area contributed by atoms with Gasteiger partial charge in [0.25, 0.3) is 5.91 Å². The predicted molar refractivity (Wildman–Crippen MR) is 91.5 cm³/mol. The quantitative estimate of drug-likeness (QED) is 0.843. The van der Waals surface area contributed by atoms with Crippen molar-refractivity contribution >= 4 is 17.5 Å². The Bertz CT molecular complexity index is 779. The topological polar surface area (TPSA) is 76.7 Å². The molecule has 0 saturated heterocycles. The van der Waals surface area contributed by atoms with Crippen molar-refractivity contribution in [1.29, 1.82) is 0 Å². The van der Waals surface area contributed by atoms with Crippen LogP contribution in [0.3, 0.4) is 0 Å². The number of methoxy groups -OCH3 is 2. The van der Waals surface area contributed by atoms with E-state index in [-0.39, 0.29) is 5.69 Å². The first-order chi connectivity index (χ1) is 12.0. The number of halogens is 1. The summed E-state index contributed by atoms with van der Waals surface area (Å²) in [7, 11) is 2.96. The molecule has 0 aromatic heterocycles. The Hall–Kier alpha value is -3.09. The highest BCUT2D eigenvalue weighted by atomic mass is 19.1. The van der Waals surface area contributed by atoms with E-state index in [0.29, 0.717) is 17.1 Å². The second-order valence-corrected chi connectivity index (χ2v) is 5.23. The van der Waals surface area contributed by atoms with E-state index >= 15 is 0 Å². The van der Waals surface area contributed by atoms with Gasteiger partial charge < -0.3 is 20.1 Å². The van der Waals surface area contributed by atoms with Crippen LogP contribution in [0.4, 0.5) is 10.1 Å². The summed E-state index contributed by atoms with van der Waals surface area (Å²) in [5, 5.41) is 4.99. The highest BCUT2D eigenvalue weighted by Crippen LogP contribution is 2.27. The van der Waals surface area contributed by atoms with E-state index in [4.69, 9.17) is 9.47 Å². The molecule has 2 aromatic carbocycles. The number of para-hydroxylation sites is 1. The number of nitrogens with one attached hydrogen (secondary N) is 2. The fraction of sp³-hybridized carbons (Fsp3) is 0.222. The zero-order chi connectivity index (χ0) is 18.4. The minimum Gasteiger partial charge on any atom is -0.493 e. The van der Waals surface area contributed by atoms with E-state index in [1.807, 2.05) is 0 Å². The van der Waals surface area contributed by atoms with Crippen LogP contribution in [-0.4, -0.2) is 32.1 Å². The second-order valence-electron chi connectivity index (χ2n) is 5.23. The molecule has 25 heavy (non-hydrogen) atoms. The van der Waals surface area contributed by atoms with Gasteiger partial charge in [0, 0.05) is 5.56 Å². The molecule has 0 aliphatic rings. The molecule has 2 N–H and O–H groups in total. The summed E-state index contributed by atoms with van der Waals surface area (Å²) in [6.07, 6.45) is 0. The molecule has 6 nitrogen and oxygen atoms in total.